The fraction of sp³-hybridized carbons (Fsp3) is 0.286. The van der Waals surface area contributed by atoms with Crippen molar-refractivity contribution in [1.82, 2.24) is 5.16 Å². The van der Waals surface area contributed by atoms with Gasteiger partial charge in [0.05, 0.1) is 12.2 Å². The molecular weight excluding hydrogens is 322 g/mol. The van der Waals surface area contributed by atoms with E-state index in [1.807, 2.05) is 0 Å². The third kappa shape index (κ3) is 2.87. The predicted octanol–water partition coefficient (Wildman–Crippen LogP) is 2.05. The minimum atomic E-state index is -3.83. The molecule has 1 aromatic heterocycles. The molecule has 0 atom stereocenters. The van der Waals surface area contributed by atoms with Crippen LogP contribution >= 0.6 is 0 Å². The fourth-order valence-electron chi connectivity index (χ4n) is 2.43. The van der Waals surface area contributed by atoms with Crippen molar-refractivity contribution in [3.8, 4) is 0 Å². The van der Waals surface area contributed by atoms with Crippen LogP contribution in [0.15, 0.2) is 33.7 Å². The SMILES string of the molecule is Cc1noc(C)c1S(=O)(=O)Nc1cccc(N2CCOC2=O)c1. The van der Waals surface area contributed by atoms with Gasteiger partial charge >= 0.3 is 6.09 Å². The average molecular weight is 337 g/mol. The summed E-state index contributed by atoms with van der Waals surface area (Å²) >= 11 is 0. The van der Waals surface area contributed by atoms with Gasteiger partial charge in [0, 0.05) is 5.69 Å². The summed E-state index contributed by atoms with van der Waals surface area (Å²) < 4.78 is 37.2. The first-order valence-corrected chi connectivity index (χ1v) is 8.37. The fourth-order valence-corrected chi connectivity index (χ4v) is 3.81. The second-order valence-electron chi connectivity index (χ2n) is 5.08. The Hall–Kier alpha value is -2.55. The number of cyclic esters (lactones) is 1. The zero-order valence-corrected chi connectivity index (χ0v) is 13.4. The normalized spacial score (nSPS) is 14.9. The third-order valence-corrected chi connectivity index (χ3v) is 5.03. The minimum Gasteiger partial charge on any atom is -0.447 e. The van der Waals surface area contributed by atoms with Crippen molar-refractivity contribution in [2.24, 2.45) is 0 Å². The largest absolute Gasteiger partial charge is 0.447 e. The molecule has 1 aliphatic rings. The molecule has 1 saturated heterocycles. The number of aryl methyl sites for hydroxylation is 2. The molecule has 9 heteroatoms. The van der Waals surface area contributed by atoms with Gasteiger partial charge in [-0.1, -0.05) is 11.2 Å². The molecule has 1 amide bonds. The molecule has 1 aromatic carbocycles. The van der Waals surface area contributed by atoms with Gasteiger partial charge in [0.1, 0.15) is 12.3 Å². The van der Waals surface area contributed by atoms with Gasteiger partial charge < -0.3 is 9.26 Å². The predicted molar refractivity (Wildman–Crippen MR) is 81.9 cm³/mol. The first kappa shape index (κ1) is 15.3. The van der Waals surface area contributed by atoms with Crippen LogP contribution in [-0.4, -0.2) is 32.8 Å². The number of carbonyl (C=O) groups is 1. The number of hydrogen-bond donors (Lipinski definition) is 1. The van der Waals surface area contributed by atoms with Gasteiger partial charge in [-0.25, -0.2) is 13.2 Å². The standard InChI is InChI=1S/C14H15N3O5S/c1-9-13(10(2)22-15-9)23(19,20)16-11-4-3-5-12(8-11)17-6-7-21-14(17)18/h3-5,8,16H,6-7H2,1-2H3. The molecule has 0 unspecified atom stereocenters. The summed E-state index contributed by atoms with van der Waals surface area (Å²) in [5, 5.41) is 3.65. The van der Waals surface area contributed by atoms with Crippen molar-refractivity contribution < 1.29 is 22.5 Å². The summed E-state index contributed by atoms with van der Waals surface area (Å²) in [6, 6.07) is 6.54. The lowest BCUT2D eigenvalue weighted by atomic mass is 10.2. The topological polar surface area (TPSA) is 102 Å². The Kier molecular flexibility index (Phi) is 3.72. The monoisotopic (exact) mass is 337 g/mol. The highest BCUT2D eigenvalue weighted by Crippen LogP contribution is 2.26. The van der Waals surface area contributed by atoms with Crippen LogP contribution < -0.4 is 9.62 Å². The highest BCUT2D eigenvalue weighted by Gasteiger charge is 2.26. The molecule has 23 heavy (non-hydrogen) atoms. The van der Waals surface area contributed by atoms with Crippen molar-refractivity contribution in [2.75, 3.05) is 22.8 Å². The molecule has 8 nitrogen and oxygen atoms in total. The lowest BCUT2D eigenvalue weighted by molar-refractivity contribution is 0.181. The van der Waals surface area contributed by atoms with E-state index in [1.54, 1.807) is 31.2 Å². The quantitative estimate of drug-likeness (QED) is 0.916. The van der Waals surface area contributed by atoms with Crippen molar-refractivity contribution in [3.05, 3.63) is 35.7 Å². The second kappa shape index (κ2) is 5.58. The number of aromatic nitrogens is 1. The number of ether oxygens (including phenoxy) is 1. The molecule has 1 aliphatic heterocycles. The number of rotatable bonds is 4. The van der Waals surface area contributed by atoms with E-state index in [0.29, 0.717) is 24.5 Å². The van der Waals surface area contributed by atoms with Crippen LogP contribution in [0.5, 0.6) is 0 Å². The van der Waals surface area contributed by atoms with E-state index in [0.717, 1.165) is 0 Å². The third-order valence-electron chi connectivity index (χ3n) is 3.41. The lowest BCUT2D eigenvalue weighted by Gasteiger charge is -2.14. The molecule has 2 aromatic rings. The number of nitrogens with one attached hydrogen (secondary N) is 1. The van der Waals surface area contributed by atoms with Crippen LogP contribution in [0.1, 0.15) is 11.5 Å². The molecule has 3 rings (SSSR count). The molecule has 0 spiro atoms. The number of carbonyl (C=O) groups excluding carboxylic acids is 1. The molecule has 0 radical (unpaired) electrons. The van der Waals surface area contributed by atoms with Gasteiger partial charge in [0.15, 0.2) is 10.7 Å². The van der Waals surface area contributed by atoms with E-state index in [9.17, 15) is 13.2 Å². The van der Waals surface area contributed by atoms with Crippen LogP contribution in [0.25, 0.3) is 0 Å². The summed E-state index contributed by atoms with van der Waals surface area (Å²) in [5.41, 5.74) is 1.18. The van der Waals surface area contributed by atoms with Crippen LogP contribution in [0.3, 0.4) is 0 Å². The van der Waals surface area contributed by atoms with E-state index in [1.165, 1.54) is 11.8 Å². The maximum atomic E-state index is 12.5. The van der Waals surface area contributed by atoms with Gasteiger partial charge in [-0.15, -0.1) is 0 Å². The van der Waals surface area contributed by atoms with E-state index in [-0.39, 0.29) is 16.3 Å². The maximum Gasteiger partial charge on any atom is 0.414 e. The second-order valence-corrected chi connectivity index (χ2v) is 6.69. The Morgan fingerprint density at radius 2 is 2.09 bits per heavy atom. The van der Waals surface area contributed by atoms with Gasteiger partial charge in [0.25, 0.3) is 10.0 Å². The van der Waals surface area contributed by atoms with Gasteiger partial charge in [0.2, 0.25) is 0 Å². The number of anilines is 2. The minimum absolute atomic E-state index is 0.0171. The van der Waals surface area contributed by atoms with E-state index in [4.69, 9.17) is 9.26 Å². The number of sulfonamides is 1. The molecule has 0 bridgehead atoms. The molecule has 2 heterocycles. The van der Waals surface area contributed by atoms with Crippen molar-refractivity contribution >= 4 is 27.5 Å². The Morgan fingerprint density at radius 3 is 2.70 bits per heavy atom. The molecular formula is C14H15N3O5S. The Bertz CT molecular complexity index is 840. The molecule has 1 fully saturated rings. The van der Waals surface area contributed by atoms with Crippen LogP contribution in [0, 0.1) is 13.8 Å². The highest BCUT2D eigenvalue weighted by atomic mass is 32.2. The maximum absolute atomic E-state index is 12.5. The summed E-state index contributed by atoms with van der Waals surface area (Å²) in [5.74, 6) is 0.217. The highest BCUT2D eigenvalue weighted by molar-refractivity contribution is 7.92. The first-order valence-electron chi connectivity index (χ1n) is 6.88. The average Bonchev–Trinajstić information content (AvgIpc) is 3.05. The molecule has 0 aliphatic carbocycles. The lowest BCUT2D eigenvalue weighted by Crippen LogP contribution is -2.23. The van der Waals surface area contributed by atoms with Gasteiger partial charge in [-0.2, -0.15) is 0 Å². The number of amides is 1. The van der Waals surface area contributed by atoms with Crippen LogP contribution in [-0.2, 0) is 14.8 Å². The Balaban J connectivity index is 1.90. The van der Waals surface area contributed by atoms with Crippen LogP contribution in [0.4, 0.5) is 16.2 Å². The van der Waals surface area contributed by atoms with Gasteiger partial charge in [-0.3, -0.25) is 9.62 Å². The van der Waals surface area contributed by atoms with E-state index in [2.05, 4.69) is 9.88 Å². The molecule has 0 saturated carbocycles. The smallest absolute Gasteiger partial charge is 0.414 e. The van der Waals surface area contributed by atoms with Crippen molar-refractivity contribution in [1.29, 1.82) is 0 Å². The van der Waals surface area contributed by atoms with Gasteiger partial charge in [-0.05, 0) is 32.0 Å². The first-order chi connectivity index (χ1) is 10.9. The van der Waals surface area contributed by atoms with E-state index < -0.39 is 16.1 Å². The zero-order chi connectivity index (χ0) is 16.6. The number of nitrogens with zero attached hydrogens (tertiary/aromatic N) is 2. The summed E-state index contributed by atoms with van der Waals surface area (Å²) in [6.45, 7) is 3.83. The summed E-state index contributed by atoms with van der Waals surface area (Å²) in [4.78, 5) is 13.0. The van der Waals surface area contributed by atoms with Crippen molar-refractivity contribution in [2.45, 2.75) is 18.7 Å². The summed E-state index contributed by atoms with van der Waals surface area (Å²) in [6.07, 6.45) is -0.448. The molecule has 122 valence electrons. The molecule has 1 N–H and O–H groups in total. The van der Waals surface area contributed by atoms with E-state index >= 15 is 0 Å². The van der Waals surface area contributed by atoms with Crippen molar-refractivity contribution in [3.63, 3.8) is 0 Å². The Labute approximate surface area is 133 Å². The van der Waals surface area contributed by atoms with Crippen LogP contribution in [0.2, 0.25) is 0 Å². The Morgan fingerprint density at radius 1 is 1.30 bits per heavy atom. The number of benzene rings is 1. The number of hydrogen-bond acceptors (Lipinski definition) is 6. The zero-order valence-electron chi connectivity index (χ0n) is 12.6. The summed E-state index contributed by atoms with van der Waals surface area (Å²) in [7, 11) is -3.83.